The normalized spacial score (nSPS) is 36.3. The third kappa shape index (κ3) is 3.18. The first-order valence-corrected chi connectivity index (χ1v) is 11.1. The number of nitrogens with zero attached hydrogens (tertiary/aromatic N) is 1. The Labute approximate surface area is 200 Å². The fourth-order valence-corrected chi connectivity index (χ4v) is 6.26. The smallest absolute Gasteiger partial charge is 0.302 e. The summed E-state index contributed by atoms with van der Waals surface area (Å²) in [5.41, 5.74) is 2.56. The molecule has 0 spiro atoms. The minimum Gasteiger partial charge on any atom is -0.507 e. The van der Waals surface area contributed by atoms with Gasteiger partial charge in [0.1, 0.15) is 11.9 Å². The molecule has 0 aliphatic heterocycles. The second-order valence-electron chi connectivity index (χ2n) is 9.69. The van der Waals surface area contributed by atoms with Crippen LogP contribution < -0.4 is 5.73 Å². The molecule has 0 bridgehead atoms. The highest BCUT2D eigenvalue weighted by Gasteiger charge is 2.73. The highest BCUT2D eigenvalue weighted by atomic mass is 16.5. The molecule has 0 aromatic heterocycles. The molecular weight excluding hydrogens is 460 g/mol. The number of Topliss-reactive ketones (excluding diaryl/α,β-unsaturated/α-hetero) is 4. The molecule has 3 aliphatic carbocycles. The van der Waals surface area contributed by atoms with Crippen LogP contribution in [0.4, 0.5) is 0 Å². The molecule has 3 unspecified atom stereocenters. The maximum absolute atomic E-state index is 13.9. The van der Waals surface area contributed by atoms with Crippen molar-refractivity contribution in [1.29, 1.82) is 0 Å². The zero-order valence-corrected chi connectivity index (χ0v) is 19.6. The number of aromatic hydroxyl groups is 1. The SMILES string of the molecule is CC(=O)O[C@H]1[C@H]2C(C(=O)c3c(O)cccc3[C@@H]2C)C(=O)[C@]2(O)C(=O)C(C(N)=O)C(=O)C(N(C)C)[C@H]12. The number of esters is 1. The first kappa shape index (κ1) is 24.7. The number of primary amides is 1. The molecule has 0 saturated heterocycles. The number of likely N-dealkylation sites (N-methyl/N-ethyl adjacent to an activating group) is 1. The molecule has 2 fully saturated rings. The molecule has 4 rings (SSSR count). The molecule has 186 valence electrons. The minimum atomic E-state index is -3.01. The number of ketones is 4. The van der Waals surface area contributed by atoms with E-state index < -0.39 is 82.3 Å². The number of amides is 1. The predicted octanol–water partition coefficient (Wildman–Crippen LogP) is -1.03. The van der Waals surface area contributed by atoms with Gasteiger partial charge in [0.2, 0.25) is 5.91 Å². The standard InChI is InChI=1S/C24H26N2O9/c1-8-10-6-5-7-11(28)13(10)18(29)14-12(8)20(35-9(2)27)16-17(26(3)4)19(30)15(23(25)33)22(32)24(16,34)21(14)31/h5-8,12,14-17,20,28,34H,1-4H3,(H2,25,33)/t8-,12+,14?,15?,16+,17?,20-,24-/m0/s1. The Balaban J connectivity index is 2.03. The van der Waals surface area contributed by atoms with Crippen LogP contribution in [-0.2, 0) is 28.7 Å². The maximum Gasteiger partial charge on any atom is 0.302 e. The van der Waals surface area contributed by atoms with Crippen LogP contribution in [0.15, 0.2) is 18.2 Å². The molecule has 1 aromatic rings. The Bertz CT molecular complexity index is 1190. The lowest BCUT2D eigenvalue weighted by Gasteiger charge is -2.56. The summed E-state index contributed by atoms with van der Waals surface area (Å²) >= 11 is 0. The lowest BCUT2D eigenvalue weighted by Crippen LogP contribution is -2.78. The number of hydrogen-bond donors (Lipinski definition) is 3. The van der Waals surface area contributed by atoms with Crippen molar-refractivity contribution >= 4 is 35.0 Å². The number of hydrogen-bond acceptors (Lipinski definition) is 10. The van der Waals surface area contributed by atoms with Gasteiger partial charge in [0.25, 0.3) is 0 Å². The Morgan fingerprint density at radius 2 is 1.74 bits per heavy atom. The van der Waals surface area contributed by atoms with Gasteiger partial charge in [-0.2, -0.15) is 0 Å². The molecule has 3 aliphatic rings. The Hall–Kier alpha value is -3.44. The monoisotopic (exact) mass is 486 g/mol. The van der Waals surface area contributed by atoms with Crippen LogP contribution in [0.2, 0.25) is 0 Å². The van der Waals surface area contributed by atoms with Crippen LogP contribution in [-0.4, -0.2) is 82.0 Å². The number of fused-ring (bicyclic) bond motifs is 3. The fourth-order valence-electron chi connectivity index (χ4n) is 6.26. The number of carbonyl (C=O) groups is 6. The van der Waals surface area contributed by atoms with E-state index in [0.717, 1.165) is 6.92 Å². The molecule has 8 atom stereocenters. The van der Waals surface area contributed by atoms with Crippen LogP contribution in [0.5, 0.6) is 5.75 Å². The number of nitrogens with two attached hydrogens (primary N) is 1. The zero-order valence-electron chi connectivity index (χ0n) is 19.6. The van der Waals surface area contributed by atoms with Gasteiger partial charge in [-0.05, 0) is 31.6 Å². The summed E-state index contributed by atoms with van der Waals surface area (Å²) in [7, 11) is 2.89. The third-order valence-electron chi connectivity index (χ3n) is 7.63. The number of benzene rings is 1. The van der Waals surface area contributed by atoms with Gasteiger partial charge >= 0.3 is 5.97 Å². The van der Waals surface area contributed by atoms with Crippen molar-refractivity contribution in [2.24, 2.45) is 29.4 Å². The van der Waals surface area contributed by atoms with Crippen molar-refractivity contribution in [3.8, 4) is 5.75 Å². The van der Waals surface area contributed by atoms with Gasteiger partial charge < -0.3 is 20.7 Å². The Kier molecular flexibility index (Phi) is 5.68. The average Bonchev–Trinajstić information content (AvgIpc) is 2.75. The first-order valence-electron chi connectivity index (χ1n) is 11.1. The molecule has 11 heteroatoms. The van der Waals surface area contributed by atoms with E-state index in [1.165, 1.54) is 31.1 Å². The van der Waals surface area contributed by atoms with Crippen molar-refractivity contribution in [3.63, 3.8) is 0 Å². The maximum atomic E-state index is 13.9. The average molecular weight is 486 g/mol. The zero-order chi connectivity index (χ0) is 26.1. The van der Waals surface area contributed by atoms with Gasteiger partial charge in [0, 0.05) is 12.8 Å². The van der Waals surface area contributed by atoms with Crippen molar-refractivity contribution in [2.75, 3.05) is 14.1 Å². The largest absolute Gasteiger partial charge is 0.507 e. The van der Waals surface area contributed by atoms with E-state index in [2.05, 4.69) is 0 Å². The number of aliphatic hydroxyl groups is 1. The van der Waals surface area contributed by atoms with E-state index in [0.29, 0.717) is 5.56 Å². The summed E-state index contributed by atoms with van der Waals surface area (Å²) in [5, 5.41) is 22.1. The second-order valence-corrected chi connectivity index (χ2v) is 9.69. The Morgan fingerprint density at radius 1 is 1.11 bits per heavy atom. The van der Waals surface area contributed by atoms with Crippen LogP contribution in [0.25, 0.3) is 0 Å². The third-order valence-corrected chi connectivity index (χ3v) is 7.63. The number of ether oxygens (including phenoxy) is 1. The van der Waals surface area contributed by atoms with Crippen molar-refractivity contribution in [2.45, 2.75) is 37.5 Å². The predicted molar refractivity (Wildman–Crippen MR) is 117 cm³/mol. The van der Waals surface area contributed by atoms with Crippen LogP contribution in [0, 0.1) is 23.7 Å². The lowest BCUT2D eigenvalue weighted by molar-refractivity contribution is -0.205. The van der Waals surface area contributed by atoms with Gasteiger partial charge in [-0.15, -0.1) is 0 Å². The number of rotatable bonds is 3. The topological polar surface area (TPSA) is 181 Å². The number of phenols is 1. The Morgan fingerprint density at radius 3 is 2.29 bits per heavy atom. The molecule has 0 heterocycles. The molecule has 11 nitrogen and oxygen atoms in total. The van der Waals surface area contributed by atoms with Gasteiger partial charge in [-0.1, -0.05) is 19.1 Å². The van der Waals surface area contributed by atoms with E-state index in [-0.39, 0.29) is 11.3 Å². The van der Waals surface area contributed by atoms with Crippen LogP contribution in [0.3, 0.4) is 0 Å². The van der Waals surface area contributed by atoms with Crippen molar-refractivity contribution in [1.82, 2.24) is 4.90 Å². The fraction of sp³-hybridized carbons (Fsp3) is 0.500. The van der Waals surface area contributed by atoms with E-state index >= 15 is 0 Å². The highest BCUT2D eigenvalue weighted by molar-refractivity contribution is 6.32. The van der Waals surface area contributed by atoms with Gasteiger partial charge in [0.05, 0.1) is 23.4 Å². The minimum absolute atomic E-state index is 0.131. The first-order chi connectivity index (χ1) is 16.3. The van der Waals surface area contributed by atoms with Gasteiger partial charge in [-0.3, -0.25) is 33.7 Å². The quantitative estimate of drug-likeness (QED) is 0.353. The number of carbonyl (C=O) groups excluding carboxylic acids is 6. The van der Waals surface area contributed by atoms with Gasteiger partial charge in [-0.25, -0.2) is 0 Å². The molecule has 0 radical (unpaired) electrons. The molecule has 35 heavy (non-hydrogen) atoms. The summed E-state index contributed by atoms with van der Waals surface area (Å²) in [5.74, 6) is -14.1. The van der Waals surface area contributed by atoms with Crippen LogP contribution >= 0.6 is 0 Å². The summed E-state index contributed by atoms with van der Waals surface area (Å²) in [4.78, 5) is 79.7. The summed E-state index contributed by atoms with van der Waals surface area (Å²) in [6, 6.07) is 2.98. The summed E-state index contributed by atoms with van der Waals surface area (Å²) < 4.78 is 5.57. The molecule has 1 amide bonds. The lowest BCUT2D eigenvalue weighted by atomic mass is 9.49. The summed E-state index contributed by atoms with van der Waals surface area (Å²) in [6.07, 6.45) is -1.43. The van der Waals surface area contributed by atoms with E-state index in [1.807, 2.05) is 0 Å². The van der Waals surface area contributed by atoms with Gasteiger partial charge in [0.15, 0.2) is 34.7 Å². The molecule has 1 aromatic carbocycles. The number of phenolic OH excluding ortho intramolecular Hbond substituents is 1. The summed E-state index contributed by atoms with van der Waals surface area (Å²) in [6.45, 7) is 2.75. The molecule has 2 saturated carbocycles. The van der Waals surface area contributed by atoms with Crippen molar-refractivity contribution in [3.05, 3.63) is 29.3 Å². The van der Waals surface area contributed by atoms with Crippen molar-refractivity contribution < 1.29 is 43.7 Å². The van der Waals surface area contributed by atoms with Crippen LogP contribution in [0.1, 0.15) is 35.7 Å². The second kappa shape index (κ2) is 8.06. The van der Waals surface area contributed by atoms with E-state index in [1.54, 1.807) is 13.0 Å². The highest BCUT2D eigenvalue weighted by Crippen LogP contribution is 2.55. The molecular formula is C24H26N2O9. The van der Waals surface area contributed by atoms with E-state index in [9.17, 15) is 39.0 Å². The molecule has 4 N–H and O–H groups in total. The van der Waals surface area contributed by atoms with E-state index in [4.69, 9.17) is 10.5 Å².